The quantitative estimate of drug-likeness (QED) is 0.638. The number of esters is 1. The van der Waals surface area contributed by atoms with Gasteiger partial charge in [0.15, 0.2) is 11.9 Å². The number of rotatable bonds is 5. The van der Waals surface area contributed by atoms with Crippen LogP contribution in [0.5, 0.6) is 0 Å². The molecule has 0 saturated heterocycles. The van der Waals surface area contributed by atoms with Gasteiger partial charge in [0, 0.05) is 11.8 Å². The van der Waals surface area contributed by atoms with E-state index < -0.39 is 12.1 Å². The Balaban J connectivity index is 1.61. The third-order valence-electron chi connectivity index (χ3n) is 4.65. The molecule has 26 heavy (non-hydrogen) atoms. The van der Waals surface area contributed by atoms with Crippen LogP contribution in [0.3, 0.4) is 0 Å². The Morgan fingerprint density at radius 1 is 1.27 bits per heavy atom. The molecular weight excluding hydrogens is 332 g/mol. The molecule has 2 N–H and O–H groups in total. The number of nitrogens with one attached hydrogen (secondary N) is 2. The van der Waals surface area contributed by atoms with E-state index in [0.29, 0.717) is 5.56 Å². The monoisotopic (exact) mass is 354 g/mol. The molecule has 1 aromatic carbocycles. The zero-order valence-electron chi connectivity index (χ0n) is 14.9. The maximum atomic E-state index is 12.4. The number of benzene rings is 1. The molecule has 1 heterocycles. The van der Waals surface area contributed by atoms with E-state index in [-0.39, 0.29) is 23.4 Å². The Morgan fingerprint density at radius 3 is 2.77 bits per heavy atom. The SMILES string of the molecule is CC(=O)c1c[nH]c(C(=O)O[C@H](C)C(=O)N[C@H]2CCCc3ccccc32)c1. The van der Waals surface area contributed by atoms with Gasteiger partial charge in [0.05, 0.1) is 6.04 Å². The van der Waals surface area contributed by atoms with E-state index in [2.05, 4.69) is 16.4 Å². The molecule has 0 aliphatic heterocycles. The zero-order valence-corrected chi connectivity index (χ0v) is 14.9. The van der Waals surface area contributed by atoms with Crippen molar-refractivity contribution in [1.29, 1.82) is 0 Å². The van der Waals surface area contributed by atoms with E-state index in [4.69, 9.17) is 4.74 Å². The molecular formula is C20H22N2O4. The van der Waals surface area contributed by atoms with Gasteiger partial charge in [-0.2, -0.15) is 0 Å². The van der Waals surface area contributed by atoms with Crippen LogP contribution in [0.1, 0.15) is 64.7 Å². The van der Waals surface area contributed by atoms with Crippen LogP contribution >= 0.6 is 0 Å². The van der Waals surface area contributed by atoms with Crippen molar-refractivity contribution in [1.82, 2.24) is 10.3 Å². The summed E-state index contributed by atoms with van der Waals surface area (Å²) in [6.07, 6.45) is 3.40. The summed E-state index contributed by atoms with van der Waals surface area (Å²) in [6, 6.07) is 9.42. The molecule has 0 saturated carbocycles. The Bertz CT molecular complexity index is 840. The summed E-state index contributed by atoms with van der Waals surface area (Å²) >= 11 is 0. The summed E-state index contributed by atoms with van der Waals surface area (Å²) in [7, 11) is 0. The first-order chi connectivity index (χ1) is 12.5. The largest absolute Gasteiger partial charge is 0.448 e. The molecule has 6 heteroatoms. The van der Waals surface area contributed by atoms with Crippen molar-refractivity contribution in [2.45, 2.75) is 45.3 Å². The number of fused-ring (bicyclic) bond motifs is 1. The zero-order chi connectivity index (χ0) is 18.7. The first-order valence-corrected chi connectivity index (χ1v) is 8.74. The Hall–Kier alpha value is -2.89. The van der Waals surface area contributed by atoms with Crippen molar-refractivity contribution >= 4 is 17.7 Å². The van der Waals surface area contributed by atoms with Crippen LogP contribution in [0, 0.1) is 0 Å². The van der Waals surface area contributed by atoms with Crippen LogP contribution < -0.4 is 5.32 Å². The summed E-state index contributed by atoms with van der Waals surface area (Å²) < 4.78 is 5.23. The van der Waals surface area contributed by atoms with Crippen LogP contribution in [0.2, 0.25) is 0 Å². The fraction of sp³-hybridized carbons (Fsp3) is 0.350. The van der Waals surface area contributed by atoms with Gasteiger partial charge in [-0.1, -0.05) is 24.3 Å². The lowest BCUT2D eigenvalue weighted by Crippen LogP contribution is -2.39. The predicted molar refractivity (Wildman–Crippen MR) is 95.9 cm³/mol. The van der Waals surface area contributed by atoms with E-state index in [1.54, 1.807) is 0 Å². The summed E-state index contributed by atoms with van der Waals surface area (Å²) in [5.74, 6) is -1.15. The number of H-pyrrole nitrogens is 1. The van der Waals surface area contributed by atoms with Gasteiger partial charge < -0.3 is 15.0 Å². The number of hydrogen-bond donors (Lipinski definition) is 2. The van der Waals surface area contributed by atoms with Crippen LogP contribution in [-0.4, -0.2) is 28.7 Å². The number of aryl methyl sites for hydroxylation is 1. The topological polar surface area (TPSA) is 88.3 Å². The van der Waals surface area contributed by atoms with E-state index >= 15 is 0 Å². The van der Waals surface area contributed by atoms with Crippen molar-refractivity contribution in [2.24, 2.45) is 0 Å². The smallest absolute Gasteiger partial charge is 0.355 e. The number of ketones is 1. The highest BCUT2D eigenvalue weighted by Crippen LogP contribution is 2.29. The molecule has 2 atom stereocenters. The minimum absolute atomic E-state index is 0.0663. The van der Waals surface area contributed by atoms with Gasteiger partial charge in [-0.25, -0.2) is 4.79 Å². The normalized spacial score (nSPS) is 17.1. The minimum Gasteiger partial charge on any atom is -0.448 e. The van der Waals surface area contributed by atoms with E-state index in [0.717, 1.165) is 24.8 Å². The molecule has 0 fully saturated rings. The third kappa shape index (κ3) is 3.85. The number of hydrogen-bond acceptors (Lipinski definition) is 4. The van der Waals surface area contributed by atoms with E-state index in [9.17, 15) is 14.4 Å². The second-order valence-corrected chi connectivity index (χ2v) is 6.56. The van der Waals surface area contributed by atoms with Gasteiger partial charge in [-0.15, -0.1) is 0 Å². The fourth-order valence-corrected chi connectivity index (χ4v) is 3.19. The second-order valence-electron chi connectivity index (χ2n) is 6.56. The number of aromatic amines is 1. The number of Topliss-reactive ketones (excluding diaryl/α,β-unsaturated/α-hetero) is 1. The Kier molecular flexibility index (Phi) is 5.21. The summed E-state index contributed by atoms with van der Waals surface area (Å²) in [5.41, 5.74) is 2.92. The molecule has 0 radical (unpaired) electrons. The molecule has 0 spiro atoms. The average Bonchev–Trinajstić information content (AvgIpc) is 3.12. The lowest BCUT2D eigenvalue weighted by Gasteiger charge is -2.27. The molecule has 3 rings (SSSR count). The van der Waals surface area contributed by atoms with E-state index in [1.165, 1.54) is 31.7 Å². The molecule has 6 nitrogen and oxygen atoms in total. The van der Waals surface area contributed by atoms with Crippen LogP contribution in [0.4, 0.5) is 0 Å². The fourth-order valence-electron chi connectivity index (χ4n) is 3.19. The van der Waals surface area contributed by atoms with Crippen molar-refractivity contribution in [3.05, 3.63) is 58.9 Å². The maximum absolute atomic E-state index is 12.4. The first-order valence-electron chi connectivity index (χ1n) is 8.74. The van der Waals surface area contributed by atoms with Gasteiger partial charge in [-0.05, 0) is 50.3 Å². The highest BCUT2D eigenvalue weighted by molar-refractivity contribution is 5.98. The standard InChI is InChI=1S/C20H22N2O4/c1-12(23)15-10-18(21-11-15)20(25)26-13(2)19(24)22-17-9-5-7-14-6-3-4-8-16(14)17/h3-4,6,8,10-11,13,17,21H,5,7,9H2,1-2H3,(H,22,24)/t13-,17+/m1/s1. The molecule has 0 unspecified atom stereocenters. The highest BCUT2D eigenvalue weighted by Gasteiger charge is 2.26. The molecule has 1 amide bonds. The number of aromatic nitrogens is 1. The van der Waals surface area contributed by atoms with Crippen molar-refractivity contribution in [3.8, 4) is 0 Å². The van der Waals surface area contributed by atoms with Gasteiger partial charge in [0.2, 0.25) is 0 Å². The van der Waals surface area contributed by atoms with Gasteiger partial charge >= 0.3 is 5.97 Å². The summed E-state index contributed by atoms with van der Waals surface area (Å²) in [6.45, 7) is 2.95. The molecule has 2 aromatic rings. The Morgan fingerprint density at radius 2 is 2.04 bits per heavy atom. The molecule has 1 aliphatic rings. The number of ether oxygens (including phenoxy) is 1. The van der Waals surface area contributed by atoms with Crippen molar-refractivity contribution < 1.29 is 19.1 Å². The lowest BCUT2D eigenvalue weighted by molar-refractivity contribution is -0.130. The minimum atomic E-state index is -0.930. The van der Waals surface area contributed by atoms with Crippen molar-refractivity contribution in [3.63, 3.8) is 0 Å². The van der Waals surface area contributed by atoms with Gasteiger partial charge in [0.1, 0.15) is 5.69 Å². The molecule has 0 bridgehead atoms. The van der Waals surface area contributed by atoms with Crippen molar-refractivity contribution in [2.75, 3.05) is 0 Å². The van der Waals surface area contributed by atoms with Crippen LogP contribution in [0.15, 0.2) is 36.5 Å². The Labute approximate surface area is 151 Å². The average molecular weight is 354 g/mol. The number of carbonyl (C=O) groups excluding carboxylic acids is 3. The number of carbonyl (C=O) groups is 3. The van der Waals surface area contributed by atoms with Crippen LogP contribution in [0.25, 0.3) is 0 Å². The predicted octanol–water partition coefficient (Wildman–Crippen LogP) is 2.96. The van der Waals surface area contributed by atoms with Gasteiger partial charge in [0.25, 0.3) is 5.91 Å². The lowest BCUT2D eigenvalue weighted by atomic mass is 9.87. The highest BCUT2D eigenvalue weighted by atomic mass is 16.5. The van der Waals surface area contributed by atoms with E-state index in [1.807, 2.05) is 18.2 Å². The first kappa shape index (κ1) is 17.9. The second kappa shape index (κ2) is 7.56. The molecule has 1 aromatic heterocycles. The molecule has 1 aliphatic carbocycles. The van der Waals surface area contributed by atoms with Gasteiger partial charge in [-0.3, -0.25) is 9.59 Å². The molecule has 136 valence electrons. The maximum Gasteiger partial charge on any atom is 0.355 e. The summed E-state index contributed by atoms with van der Waals surface area (Å²) in [4.78, 5) is 38.6. The summed E-state index contributed by atoms with van der Waals surface area (Å²) in [5, 5.41) is 2.97. The third-order valence-corrected chi connectivity index (χ3v) is 4.65. The number of amides is 1. The van der Waals surface area contributed by atoms with Crippen LogP contribution in [-0.2, 0) is 16.0 Å².